The number of aliphatic hydroxyl groups is 1. The van der Waals surface area contributed by atoms with Gasteiger partial charge in [-0.15, -0.1) is 6.58 Å². The SMILES string of the molecule is C=CC1CN2C([C@@H](O)c3ccnc4ccccc34)CC23CCC13. The van der Waals surface area contributed by atoms with E-state index in [0.717, 1.165) is 35.3 Å². The summed E-state index contributed by atoms with van der Waals surface area (Å²) in [6, 6.07) is 10.3. The fourth-order valence-electron chi connectivity index (χ4n) is 5.45. The van der Waals surface area contributed by atoms with Gasteiger partial charge in [-0.05, 0) is 48.8 Å². The molecule has 3 heteroatoms. The van der Waals surface area contributed by atoms with E-state index >= 15 is 0 Å². The first kappa shape index (κ1) is 13.7. The number of benzene rings is 1. The van der Waals surface area contributed by atoms with Crippen molar-refractivity contribution in [2.75, 3.05) is 6.54 Å². The third-order valence-corrected chi connectivity index (χ3v) is 6.71. The van der Waals surface area contributed by atoms with Crippen molar-refractivity contribution in [3.05, 3.63) is 54.7 Å². The van der Waals surface area contributed by atoms with Gasteiger partial charge in [-0.1, -0.05) is 24.3 Å². The maximum Gasteiger partial charge on any atom is 0.0953 e. The molecule has 2 saturated heterocycles. The topological polar surface area (TPSA) is 36.4 Å². The molecule has 0 radical (unpaired) electrons. The van der Waals surface area contributed by atoms with Gasteiger partial charge in [-0.25, -0.2) is 0 Å². The van der Waals surface area contributed by atoms with Crippen LogP contribution in [0.4, 0.5) is 0 Å². The predicted molar refractivity (Wildman–Crippen MR) is 91.0 cm³/mol. The Labute approximate surface area is 136 Å². The van der Waals surface area contributed by atoms with Gasteiger partial charge in [0.1, 0.15) is 0 Å². The molecular weight excluding hydrogens is 284 g/mol. The second-order valence-corrected chi connectivity index (χ2v) is 7.43. The van der Waals surface area contributed by atoms with Crippen molar-refractivity contribution in [1.82, 2.24) is 9.88 Å². The van der Waals surface area contributed by atoms with Crippen molar-refractivity contribution >= 4 is 10.9 Å². The van der Waals surface area contributed by atoms with Crippen LogP contribution >= 0.6 is 0 Å². The molecule has 3 nitrogen and oxygen atoms in total. The van der Waals surface area contributed by atoms with Gasteiger partial charge in [0.05, 0.1) is 11.6 Å². The van der Waals surface area contributed by atoms with E-state index in [1.54, 1.807) is 0 Å². The molecule has 3 fully saturated rings. The van der Waals surface area contributed by atoms with Crippen molar-refractivity contribution in [3.8, 4) is 0 Å². The molecule has 3 heterocycles. The first-order chi connectivity index (χ1) is 11.2. The quantitative estimate of drug-likeness (QED) is 0.884. The molecule has 5 rings (SSSR count). The number of aromatic nitrogens is 1. The van der Waals surface area contributed by atoms with Gasteiger partial charge in [-0.3, -0.25) is 9.88 Å². The molecule has 5 atom stereocenters. The largest absolute Gasteiger partial charge is 0.387 e. The minimum Gasteiger partial charge on any atom is -0.387 e. The van der Waals surface area contributed by atoms with E-state index in [1.165, 1.54) is 12.8 Å². The summed E-state index contributed by atoms with van der Waals surface area (Å²) in [5.74, 6) is 1.38. The summed E-state index contributed by atoms with van der Waals surface area (Å²) in [6.45, 7) is 5.09. The summed E-state index contributed by atoms with van der Waals surface area (Å²) in [5.41, 5.74) is 2.37. The Bertz CT molecular complexity index is 783. The normalized spacial score (nSPS) is 36.7. The highest BCUT2D eigenvalue weighted by molar-refractivity contribution is 5.82. The minimum absolute atomic E-state index is 0.244. The lowest BCUT2D eigenvalue weighted by Gasteiger charge is -2.63. The summed E-state index contributed by atoms with van der Waals surface area (Å²) in [6.07, 6.45) is 7.27. The van der Waals surface area contributed by atoms with E-state index in [-0.39, 0.29) is 6.04 Å². The van der Waals surface area contributed by atoms with Gasteiger partial charge in [0.15, 0.2) is 0 Å². The van der Waals surface area contributed by atoms with Crippen molar-refractivity contribution in [2.45, 2.75) is 36.9 Å². The first-order valence-corrected chi connectivity index (χ1v) is 8.65. The second-order valence-electron chi connectivity index (χ2n) is 7.43. The average molecular weight is 306 g/mol. The molecule has 23 heavy (non-hydrogen) atoms. The minimum atomic E-state index is -0.432. The zero-order valence-electron chi connectivity index (χ0n) is 13.2. The third-order valence-electron chi connectivity index (χ3n) is 6.71. The van der Waals surface area contributed by atoms with Crippen LogP contribution in [-0.2, 0) is 0 Å². The van der Waals surface area contributed by atoms with Crippen LogP contribution in [-0.4, -0.2) is 33.1 Å². The summed E-state index contributed by atoms with van der Waals surface area (Å²) in [5, 5.41) is 12.2. The summed E-state index contributed by atoms with van der Waals surface area (Å²) in [7, 11) is 0. The standard InChI is InChI=1S/C20H22N2O/c1-2-13-12-22-18(11-20(22)9-7-16(13)20)19(23)15-8-10-21-17-6-4-3-5-14(15)17/h2-6,8,10,13,16,18-19,23H,1,7,9,11-12H2/t13?,16?,18?,19-,20?/m0/s1. The number of pyridine rings is 1. The lowest BCUT2D eigenvalue weighted by molar-refractivity contribution is -0.152. The van der Waals surface area contributed by atoms with E-state index in [1.807, 2.05) is 30.5 Å². The predicted octanol–water partition coefficient (Wildman–Crippen LogP) is 3.31. The fourth-order valence-corrected chi connectivity index (χ4v) is 5.45. The maximum atomic E-state index is 11.1. The highest BCUT2D eigenvalue weighted by Gasteiger charge is 2.67. The molecular formula is C20H22N2O. The van der Waals surface area contributed by atoms with Gasteiger partial charge < -0.3 is 5.11 Å². The van der Waals surface area contributed by atoms with E-state index < -0.39 is 6.10 Å². The smallest absolute Gasteiger partial charge is 0.0953 e. The number of hydrogen-bond acceptors (Lipinski definition) is 3. The molecule has 0 bridgehead atoms. The average Bonchev–Trinajstić information content (AvgIpc) is 2.71. The molecule has 2 aliphatic heterocycles. The van der Waals surface area contributed by atoms with Crippen LogP contribution in [0.1, 0.15) is 30.9 Å². The monoisotopic (exact) mass is 306 g/mol. The molecule has 118 valence electrons. The number of rotatable bonds is 3. The highest BCUT2D eigenvalue weighted by atomic mass is 16.3. The third kappa shape index (κ3) is 1.64. The van der Waals surface area contributed by atoms with Crippen LogP contribution in [0, 0.1) is 11.8 Å². The zero-order valence-corrected chi connectivity index (χ0v) is 13.2. The summed E-state index contributed by atoms with van der Waals surface area (Å²) < 4.78 is 0. The van der Waals surface area contributed by atoms with Crippen molar-refractivity contribution in [1.29, 1.82) is 0 Å². The van der Waals surface area contributed by atoms with E-state index in [0.29, 0.717) is 11.5 Å². The van der Waals surface area contributed by atoms with Gasteiger partial charge in [-0.2, -0.15) is 0 Å². The van der Waals surface area contributed by atoms with Crippen LogP contribution in [0.5, 0.6) is 0 Å². The number of nitrogens with zero attached hydrogens (tertiary/aromatic N) is 2. The fraction of sp³-hybridized carbons (Fsp3) is 0.450. The molecule has 1 aromatic carbocycles. The first-order valence-electron chi connectivity index (χ1n) is 8.65. The summed E-state index contributed by atoms with van der Waals surface area (Å²) >= 11 is 0. The zero-order chi connectivity index (χ0) is 15.6. The molecule has 1 aliphatic carbocycles. The van der Waals surface area contributed by atoms with Gasteiger partial charge in [0.2, 0.25) is 0 Å². The van der Waals surface area contributed by atoms with Crippen molar-refractivity contribution < 1.29 is 5.11 Å². The molecule has 4 unspecified atom stereocenters. The van der Waals surface area contributed by atoms with Crippen molar-refractivity contribution in [3.63, 3.8) is 0 Å². The van der Waals surface area contributed by atoms with Crippen LogP contribution in [0.15, 0.2) is 49.2 Å². The highest BCUT2D eigenvalue weighted by Crippen LogP contribution is 2.63. The summed E-state index contributed by atoms with van der Waals surface area (Å²) in [4.78, 5) is 6.99. The Balaban J connectivity index is 1.48. The Hall–Kier alpha value is -1.71. The lowest BCUT2D eigenvalue weighted by Crippen LogP contribution is -2.70. The molecule has 1 spiro atoms. The van der Waals surface area contributed by atoms with Crippen LogP contribution in [0.2, 0.25) is 0 Å². The number of fused-ring (bicyclic) bond motifs is 1. The number of hydrogen-bond donors (Lipinski definition) is 1. The number of aliphatic hydroxyl groups excluding tert-OH is 1. The Kier molecular flexibility index (Phi) is 2.77. The van der Waals surface area contributed by atoms with Crippen LogP contribution in [0.3, 0.4) is 0 Å². The Morgan fingerprint density at radius 1 is 1.35 bits per heavy atom. The molecule has 1 aromatic heterocycles. The Morgan fingerprint density at radius 2 is 2.22 bits per heavy atom. The number of para-hydroxylation sites is 1. The maximum absolute atomic E-state index is 11.1. The Morgan fingerprint density at radius 3 is 3.00 bits per heavy atom. The van der Waals surface area contributed by atoms with E-state index in [2.05, 4.69) is 28.6 Å². The molecule has 0 amide bonds. The van der Waals surface area contributed by atoms with Crippen molar-refractivity contribution in [2.24, 2.45) is 11.8 Å². The molecule has 2 aromatic rings. The van der Waals surface area contributed by atoms with E-state index in [9.17, 15) is 5.11 Å². The second kappa shape index (κ2) is 4.65. The van der Waals surface area contributed by atoms with E-state index in [4.69, 9.17) is 0 Å². The lowest BCUT2D eigenvalue weighted by atomic mass is 9.57. The molecule has 1 N–H and O–H groups in total. The van der Waals surface area contributed by atoms with Gasteiger partial charge >= 0.3 is 0 Å². The van der Waals surface area contributed by atoms with Crippen LogP contribution in [0.25, 0.3) is 10.9 Å². The van der Waals surface area contributed by atoms with Gasteiger partial charge in [0, 0.05) is 29.7 Å². The molecule has 1 saturated carbocycles. The molecule has 3 aliphatic rings. The van der Waals surface area contributed by atoms with Gasteiger partial charge in [0.25, 0.3) is 0 Å². The van der Waals surface area contributed by atoms with Crippen LogP contribution < -0.4 is 0 Å².